The maximum Gasteiger partial charge on any atom is 0.255 e. The van der Waals surface area contributed by atoms with Crippen LogP contribution in [0.1, 0.15) is 65.8 Å². The number of amides is 3. The molecule has 6 rings (SSSR count). The lowest BCUT2D eigenvalue weighted by Crippen LogP contribution is -2.52. The quantitative estimate of drug-likeness (QED) is 0.442. The Labute approximate surface area is 221 Å². The summed E-state index contributed by atoms with van der Waals surface area (Å²) in [4.78, 5) is 38.5. The number of furan rings is 1. The number of aryl methyl sites for hydroxylation is 1. The molecule has 2 saturated heterocycles. The van der Waals surface area contributed by atoms with Crippen LogP contribution in [-0.2, 0) is 33.9 Å². The number of rotatable bonds is 8. The first-order valence-electron chi connectivity index (χ1n) is 13.5. The zero-order chi connectivity index (χ0) is 26.1. The van der Waals surface area contributed by atoms with Crippen molar-refractivity contribution in [2.45, 2.75) is 64.1 Å². The molecule has 1 aromatic heterocycles. The van der Waals surface area contributed by atoms with E-state index in [1.807, 2.05) is 18.2 Å². The Balaban J connectivity index is 1.09. The molecular formula is C30H32N2O6. The van der Waals surface area contributed by atoms with Crippen molar-refractivity contribution in [1.82, 2.24) is 10.2 Å². The molecule has 1 N–H and O–H groups in total. The molecule has 0 radical (unpaired) electrons. The van der Waals surface area contributed by atoms with Crippen molar-refractivity contribution in [1.29, 1.82) is 0 Å². The van der Waals surface area contributed by atoms with Crippen molar-refractivity contribution >= 4 is 28.7 Å². The van der Waals surface area contributed by atoms with Gasteiger partial charge < -0.3 is 18.8 Å². The van der Waals surface area contributed by atoms with Crippen molar-refractivity contribution < 1.29 is 28.3 Å². The number of hydrogen-bond acceptors (Lipinski definition) is 6. The largest absolute Gasteiger partial charge is 0.485 e. The van der Waals surface area contributed by atoms with E-state index in [9.17, 15) is 14.4 Å². The van der Waals surface area contributed by atoms with Crippen LogP contribution in [0.4, 0.5) is 0 Å². The highest BCUT2D eigenvalue weighted by molar-refractivity contribution is 6.05. The molecule has 3 aliphatic heterocycles. The van der Waals surface area contributed by atoms with Gasteiger partial charge in [-0.05, 0) is 80.3 Å². The molecule has 38 heavy (non-hydrogen) atoms. The van der Waals surface area contributed by atoms with Crippen LogP contribution < -0.4 is 10.1 Å². The third-order valence-corrected chi connectivity index (χ3v) is 7.96. The second-order valence-corrected chi connectivity index (χ2v) is 10.5. The van der Waals surface area contributed by atoms with Gasteiger partial charge in [-0.1, -0.05) is 12.1 Å². The van der Waals surface area contributed by atoms with Crippen LogP contribution in [0.25, 0.3) is 11.0 Å². The third-order valence-electron chi connectivity index (χ3n) is 7.96. The fourth-order valence-electron chi connectivity index (χ4n) is 5.85. The summed E-state index contributed by atoms with van der Waals surface area (Å²) in [5, 5.41) is 3.40. The van der Waals surface area contributed by atoms with Gasteiger partial charge in [0.05, 0.1) is 6.54 Å². The van der Waals surface area contributed by atoms with Crippen molar-refractivity contribution in [3.8, 4) is 5.75 Å². The summed E-state index contributed by atoms with van der Waals surface area (Å²) in [6.45, 7) is 2.30. The van der Waals surface area contributed by atoms with E-state index in [-0.39, 0.29) is 31.4 Å². The van der Waals surface area contributed by atoms with E-state index < -0.39 is 11.9 Å². The molecule has 0 spiro atoms. The number of piperidine rings is 1. The summed E-state index contributed by atoms with van der Waals surface area (Å²) < 4.78 is 17.6. The lowest BCUT2D eigenvalue weighted by atomic mass is 9.93. The Morgan fingerprint density at radius 3 is 2.74 bits per heavy atom. The number of nitrogens with zero attached hydrogens (tertiary/aromatic N) is 1. The van der Waals surface area contributed by atoms with Gasteiger partial charge in [-0.2, -0.15) is 0 Å². The molecule has 1 atom stereocenters. The number of imide groups is 1. The Kier molecular flexibility index (Phi) is 6.89. The summed E-state index contributed by atoms with van der Waals surface area (Å²) in [7, 11) is 0. The number of fused-ring (bicyclic) bond motifs is 2. The maximum absolute atomic E-state index is 13.0. The average Bonchev–Trinajstić information content (AvgIpc) is 3.49. The smallest absolute Gasteiger partial charge is 0.255 e. The number of benzene rings is 2. The van der Waals surface area contributed by atoms with Gasteiger partial charge in [0, 0.05) is 36.1 Å². The molecule has 2 aromatic carbocycles. The zero-order valence-electron chi connectivity index (χ0n) is 21.4. The molecule has 8 nitrogen and oxygen atoms in total. The second kappa shape index (κ2) is 10.6. The van der Waals surface area contributed by atoms with E-state index >= 15 is 0 Å². The molecule has 3 aliphatic rings. The lowest BCUT2D eigenvalue weighted by molar-refractivity contribution is -0.136. The summed E-state index contributed by atoms with van der Waals surface area (Å²) in [5.74, 6) is 1.16. The van der Waals surface area contributed by atoms with Crippen LogP contribution in [0.5, 0.6) is 5.75 Å². The third kappa shape index (κ3) is 5.05. The molecule has 4 heterocycles. The van der Waals surface area contributed by atoms with Crippen molar-refractivity contribution in [2.75, 3.05) is 13.2 Å². The standard InChI is InChI=1S/C30H32N2O6/c33-28-10-8-25(29(34)31-28)32-17-24-23(30(32)35)5-2-6-27(24)37-18-22-16-21-15-20(7-9-26(21)38-22)4-1-3-19-11-13-36-14-12-19/h2,5-7,9,15-16,19,25H,1,3-4,8,10-14,17-18H2,(H,31,33,34). The van der Waals surface area contributed by atoms with E-state index in [2.05, 4.69) is 17.4 Å². The molecule has 0 bridgehead atoms. The first-order chi connectivity index (χ1) is 18.5. The number of carbonyl (C=O) groups is 3. The Bertz CT molecular complexity index is 1370. The van der Waals surface area contributed by atoms with Crippen molar-refractivity contribution in [2.24, 2.45) is 5.92 Å². The lowest BCUT2D eigenvalue weighted by Gasteiger charge is -2.29. The Hall–Kier alpha value is -3.65. The molecule has 0 aliphatic carbocycles. The van der Waals surface area contributed by atoms with Crippen LogP contribution in [0.2, 0.25) is 0 Å². The molecule has 2 fully saturated rings. The van der Waals surface area contributed by atoms with Crippen LogP contribution in [-0.4, -0.2) is 41.9 Å². The molecule has 3 aromatic rings. The van der Waals surface area contributed by atoms with E-state index in [0.29, 0.717) is 23.5 Å². The van der Waals surface area contributed by atoms with Gasteiger partial charge in [0.15, 0.2) is 0 Å². The Morgan fingerprint density at radius 1 is 1.03 bits per heavy atom. The first kappa shape index (κ1) is 24.7. The summed E-state index contributed by atoms with van der Waals surface area (Å²) in [6, 6.07) is 13.1. The molecule has 8 heteroatoms. The van der Waals surface area contributed by atoms with Crippen LogP contribution in [0, 0.1) is 5.92 Å². The van der Waals surface area contributed by atoms with Gasteiger partial charge >= 0.3 is 0 Å². The SMILES string of the molecule is O=C1CCC(N2Cc3c(OCc4cc5cc(CCCC6CCOCC6)ccc5o4)cccc3C2=O)C(=O)N1. The Morgan fingerprint density at radius 2 is 1.89 bits per heavy atom. The molecule has 0 saturated carbocycles. The maximum atomic E-state index is 13.0. The van der Waals surface area contributed by atoms with Gasteiger partial charge in [-0.25, -0.2) is 0 Å². The number of carbonyl (C=O) groups excluding carboxylic acids is 3. The molecule has 1 unspecified atom stereocenters. The van der Waals surface area contributed by atoms with Crippen molar-refractivity contribution in [3.05, 3.63) is 64.9 Å². The molecule has 198 valence electrons. The highest BCUT2D eigenvalue weighted by Gasteiger charge is 2.40. The van der Waals surface area contributed by atoms with Crippen LogP contribution >= 0.6 is 0 Å². The highest BCUT2D eigenvalue weighted by Crippen LogP contribution is 2.34. The van der Waals surface area contributed by atoms with E-state index in [0.717, 1.165) is 42.1 Å². The van der Waals surface area contributed by atoms with Crippen molar-refractivity contribution in [3.63, 3.8) is 0 Å². The van der Waals surface area contributed by atoms with E-state index in [4.69, 9.17) is 13.9 Å². The summed E-state index contributed by atoms with van der Waals surface area (Å²) >= 11 is 0. The minimum absolute atomic E-state index is 0.215. The number of hydrogen-bond donors (Lipinski definition) is 1. The van der Waals surface area contributed by atoms with Gasteiger partial charge in [0.2, 0.25) is 11.8 Å². The normalized spacial score (nSPS) is 20.2. The predicted octanol–water partition coefficient (Wildman–Crippen LogP) is 4.52. The fourth-order valence-corrected chi connectivity index (χ4v) is 5.85. The van der Waals surface area contributed by atoms with Gasteiger partial charge in [0.1, 0.15) is 29.7 Å². The monoisotopic (exact) mass is 516 g/mol. The molecule has 3 amide bonds. The summed E-state index contributed by atoms with van der Waals surface area (Å²) in [6.07, 6.45) is 6.39. The average molecular weight is 517 g/mol. The van der Waals surface area contributed by atoms with Gasteiger partial charge in [0.25, 0.3) is 5.91 Å². The van der Waals surface area contributed by atoms with Crippen LogP contribution in [0.15, 0.2) is 46.9 Å². The summed E-state index contributed by atoms with van der Waals surface area (Å²) in [5.41, 5.74) is 3.42. The van der Waals surface area contributed by atoms with Gasteiger partial charge in [-0.15, -0.1) is 0 Å². The second-order valence-electron chi connectivity index (χ2n) is 10.5. The van der Waals surface area contributed by atoms with E-state index in [1.165, 1.54) is 36.1 Å². The molecular weight excluding hydrogens is 484 g/mol. The van der Waals surface area contributed by atoms with Gasteiger partial charge in [-0.3, -0.25) is 19.7 Å². The number of nitrogens with one attached hydrogen (secondary N) is 1. The number of ether oxygens (including phenoxy) is 2. The minimum atomic E-state index is -0.651. The zero-order valence-corrected chi connectivity index (χ0v) is 21.4. The van der Waals surface area contributed by atoms with E-state index in [1.54, 1.807) is 12.1 Å². The van der Waals surface area contributed by atoms with Crippen LogP contribution in [0.3, 0.4) is 0 Å². The fraction of sp³-hybridized carbons (Fsp3) is 0.433. The topological polar surface area (TPSA) is 98.1 Å². The minimum Gasteiger partial charge on any atom is -0.485 e. The first-order valence-corrected chi connectivity index (χ1v) is 13.5. The highest BCUT2D eigenvalue weighted by atomic mass is 16.5. The predicted molar refractivity (Wildman–Crippen MR) is 140 cm³/mol.